The molecule has 0 aliphatic carbocycles. The summed E-state index contributed by atoms with van der Waals surface area (Å²) in [5.74, 6) is 0.296. The van der Waals surface area contributed by atoms with Crippen LogP contribution in [0.5, 0.6) is 0 Å². The molecule has 3 aromatic rings. The molecule has 1 aromatic carbocycles. The third-order valence-corrected chi connectivity index (χ3v) is 3.87. The molecule has 4 rings (SSSR count). The minimum Gasteiger partial charge on any atom is -0.398 e. The summed E-state index contributed by atoms with van der Waals surface area (Å²) in [4.78, 5) is 6.54. The van der Waals surface area contributed by atoms with Gasteiger partial charge in [0.15, 0.2) is 5.65 Å². The number of halogens is 1. The van der Waals surface area contributed by atoms with Crippen molar-refractivity contribution in [2.75, 3.05) is 17.2 Å². The summed E-state index contributed by atoms with van der Waals surface area (Å²) in [6.07, 6.45) is 2.20. The molecule has 106 valence electrons. The third-order valence-electron chi connectivity index (χ3n) is 3.87. The topological polar surface area (TPSA) is 59.5 Å². The maximum absolute atomic E-state index is 13.2. The molecule has 0 fully saturated rings. The first-order valence-corrected chi connectivity index (χ1v) is 6.84. The molecule has 5 nitrogen and oxygen atoms in total. The number of rotatable bonds is 1. The summed E-state index contributed by atoms with van der Waals surface area (Å²) in [5.41, 5.74) is 9.91. The summed E-state index contributed by atoms with van der Waals surface area (Å²) in [6.45, 7) is 1.53. The van der Waals surface area contributed by atoms with Crippen LogP contribution < -0.4 is 10.6 Å². The molecule has 21 heavy (non-hydrogen) atoms. The van der Waals surface area contributed by atoms with E-state index in [0.29, 0.717) is 11.6 Å². The summed E-state index contributed by atoms with van der Waals surface area (Å²) < 4.78 is 14.7. The summed E-state index contributed by atoms with van der Waals surface area (Å²) in [7, 11) is 0. The van der Waals surface area contributed by atoms with Crippen molar-refractivity contribution < 1.29 is 4.39 Å². The van der Waals surface area contributed by atoms with Crippen molar-refractivity contribution in [1.29, 1.82) is 0 Å². The van der Waals surface area contributed by atoms with Crippen LogP contribution in [0, 0.1) is 5.82 Å². The van der Waals surface area contributed by atoms with Gasteiger partial charge in [0.05, 0.1) is 6.20 Å². The molecule has 3 heterocycles. The average Bonchev–Trinajstić information content (AvgIpc) is 2.90. The molecule has 0 radical (unpaired) electrons. The quantitative estimate of drug-likeness (QED) is 0.694. The van der Waals surface area contributed by atoms with E-state index in [1.54, 1.807) is 6.07 Å². The van der Waals surface area contributed by atoms with Gasteiger partial charge < -0.3 is 10.6 Å². The highest BCUT2D eigenvalue weighted by molar-refractivity contribution is 5.55. The zero-order valence-corrected chi connectivity index (χ0v) is 11.3. The molecule has 1 aliphatic heterocycles. The minimum atomic E-state index is -0.323. The van der Waals surface area contributed by atoms with Crippen LogP contribution in [0.1, 0.15) is 11.1 Å². The van der Waals surface area contributed by atoms with Crippen LogP contribution in [0.15, 0.2) is 36.5 Å². The van der Waals surface area contributed by atoms with Gasteiger partial charge in [-0.3, -0.25) is 0 Å². The van der Waals surface area contributed by atoms with Gasteiger partial charge in [-0.1, -0.05) is 12.1 Å². The number of hydrogen-bond acceptors (Lipinski definition) is 4. The number of aromatic nitrogens is 3. The number of pyridine rings is 1. The molecule has 1 aliphatic rings. The molecule has 6 heteroatoms. The smallest absolute Gasteiger partial charge is 0.245 e. The van der Waals surface area contributed by atoms with Gasteiger partial charge in [-0.25, -0.2) is 8.91 Å². The Labute approximate surface area is 120 Å². The fourth-order valence-corrected chi connectivity index (χ4v) is 2.79. The first-order valence-electron chi connectivity index (χ1n) is 6.84. The second-order valence-corrected chi connectivity index (χ2v) is 5.22. The summed E-state index contributed by atoms with van der Waals surface area (Å²) >= 11 is 0. The van der Waals surface area contributed by atoms with Crippen LogP contribution in [0.25, 0.3) is 5.65 Å². The molecule has 0 bridgehead atoms. The molecule has 0 saturated carbocycles. The highest BCUT2D eigenvalue weighted by Gasteiger charge is 2.21. The van der Waals surface area contributed by atoms with Crippen LogP contribution in [0.3, 0.4) is 0 Å². The number of anilines is 2. The monoisotopic (exact) mass is 283 g/mol. The lowest BCUT2D eigenvalue weighted by atomic mass is 9.98. The van der Waals surface area contributed by atoms with E-state index >= 15 is 0 Å². The third kappa shape index (κ3) is 1.99. The number of nitrogens with zero attached hydrogens (tertiary/aromatic N) is 4. The number of benzene rings is 1. The lowest BCUT2D eigenvalue weighted by Gasteiger charge is -2.28. The second kappa shape index (κ2) is 4.44. The van der Waals surface area contributed by atoms with Crippen molar-refractivity contribution in [2.24, 2.45) is 0 Å². The van der Waals surface area contributed by atoms with Gasteiger partial charge >= 0.3 is 0 Å². The molecule has 0 spiro atoms. The van der Waals surface area contributed by atoms with E-state index < -0.39 is 0 Å². The fourth-order valence-electron chi connectivity index (χ4n) is 2.79. The van der Waals surface area contributed by atoms with E-state index in [4.69, 9.17) is 5.73 Å². The zero-order chi connectivity index (χ0) is 14.4. The Kier molecular flexibility index (Phi) is 2.57. The first-order chi connectivity index (χ1) is 10.2. The van der Waals surface area contributed by atoms with Crippen molar-refractivity contribution in [3.05, 3.63) is 53.5 Å². The van der Waals surface area contributed by atoms with E-state index in [9.17, 15) is 4.39 Å². The van der Waals surface area contributed by atoms with Crippen molar-refractivity contribution in [3.63, 3.8) is 0 Å². The summed E-state index contributed by atoms with van der Waals surface area (Å²) in [5, 5.41) is 4.35. The fraction of sp³-hybridized carbons (Fsp3) is 0.200. The van der Waals surface area contributed by atoms with Gasteiger partial charge in [-0.2, -0.15) is 4.98 Å². The van der Waals surface area contributed by atoms with Crippen molar-refractivity contribution in [1.82, 2.24) is 14.6 Å². The van der Waals surface area contributed by atoms with Gasteiger partial charge in [-0.05, 0) is 35.7 Å². The molecule has 0 atom stereocenters. The van der Waals surface area contributed by atoms with Crippen LogP contribution >= 0.6 is 0 Å². The number of nitrogen functional groups attached to an aromatic ring is 1. The molecule has 2 aromatic heterocycles. The van der Waals surface area contributed by atoms with Gasteiger partial charge in [0, 0.05) is 18.8 Å². The standard InChI is InChI=1S/C15H14FN5/c16-11-4-5-14-18-15(19-21(14)9-11)20-7-6-12-10(8-20)2-1-3-13(12)17/h1-5,9H,6-8,17H2. The Morgan fingerprint density at radius 2 is 2.10 bits per heavy atom. The van der Waals surface area contributed by atoms with Crippen molar-refractivity contribution >= 4 is 17.3 Å². The van der Waals surface area contributed by atoms with Crippen LogP contribution in [0.2, 0.25) is 0 Å². The minimum absolute atomic E-state index is 0.323. The van der Waals surface area contributed by atoms with Gasteiger partial charge in [-0.15, -0.1) is 5.10 Å². The van der Waals surface area contributed by atoms with Gasteiger partial charge in [0.2, 0.25) is 5.95 Å². The zero-order valence-electron chi connectivity index (χ0n) is 11.3. The van der Waals surface area contributed by atoms with E-state index in [1.165, 1.54) is 27.9 Å². The van der Waals surface area contributed by atoms with Crippen LogP contribution in [-0.2, 0) is 13.0 Å². The Balaban J connectivity index is 1.70. The maximum Gasteiger partial charge on any atom is 0.245 e. The number of nitrogens with two attached hydrogens (primary N) is 1. The van der Waals surface area contributed by atoms with Gasteiger partial charge in [0.1, 0.15) is 5.82 Å². The molecule has 0 saturated heterocycles. The maximum atomic E-state index is 13.2. The predicted molar refractivity (Wildman–Crippen MR) is 78.6 cm³/mol. The molecule has 0 amide bonds. The first kappa shape index (κ1) is 12.1. The Morgan fingerprint density at radius 3 is 3.00 bits per heavy atom. The Bertz CT molecular complexity index is 826. The van der Waals surface area contributed by atoms with E-state index in [-0.39, 0.29) is 5.82 Å². The van der Waals surface area contributed by atoms with Crippen LogP contribution in [0.4, 0.5) is 16.0 Å². The van der Waals surface area contributed by atoms with Crippen molar-refractivity contribution in [3.8, 4) is 0 Å². The average molecular weight is 283 g/mol. The largest absolute Gasteiger partial charge is 0.398 e. The van der Waals surface area contributed by atoms with E-state index in [0.717, 1.165) is 25.2 Å². The Morgan fingerprint density at radius 1 is 1.19 bits per heavy atom. The molecular weight excluding hydrogens is 269 g/mol. The molecule has 2 N–H and O–H groups in total. The van der Waals surface area contributed by atoms with E-state index in [2.05, 4.69) is 21.0 Å². The highest BCUT2D eigenvalue weighted by Crippen LogP contribution is 2.26. The lowest BCUT2D eigenvalue weighted by molar-refractivity contribution is 0.614. The second-order valence-electron chi connectivity index (χ2n) is 5.22. The van der Waals surface area contributed by atoms with Crippen LogP contribution in [-0.4, -0.2) is 21.1 Å². The molecule has 0 unspecified atom stereocenters. The number of fused-ring (bicyclic) bond motifs is 2. The summed E-state index contributed by atoms with van der Waals surface area (Å²) in [6, 6.07) is 8.99. The van der Waals surface area contributed by atoms with E-state index in [1.807, 2.05) is 12.1 Å². The lowest BCUT2D eigenvalue weighted by Crippen LogP contribution is -2.31. The predicted octanol–water partition coefficient (Wildman–Crippen LogP) is 2.01. The van der Waals surface area contributed by atoms with Gasteiger partial charge in [0.25, 0.3) is 0 Å². The molecular formula is C15H14FN5. The van der Waals surface area contributed by atoms with Crippen molar-refractivity contribution in [2.45, 2.75) is 13.0 Å². The normalized spacial score (nSPS) is 14.4. The SMILES string of the molecule is Nc1cccc2c1CCN(c1nc3ccc(F)cn3n1)C2. The Hall–Kier alpha value is -2.63. The highest BCUT2D eigenvalue weighted by atomic mass is 19.1. The number of hydrogen-bond donors (Lipinski definition) is 1.